The van der Waals surface area contributed by atoms with Crippen molar-refractivity contribution in [3.63, 3.8) is 0 Å². The van der Waals surface area contributed by atoms with Gasteiger partial charge in [-0.2, -0.15) is 5.10 Å². The molecule has 0 aliphatic heterocycles. The van der Waals surface area contributed by atoms with E-state index in [-0.39, 0.29) is 0 Å². The second-order valence-electron chi connectivity index (χ2n) is 4.25. The van der Waals surface area contributed by atoms with Gasteiger partial charge in [0, 0.05) is 6.04 Å². The highest BCUT2D eigenvalue weighted by Gasteiger charge is 2.21. The quantitative estimate of drug-likeness (QED) is 0.572. The van der Waals surface area contributed by atoms with Gasteiger partial charge in [0.2, 0.25) is 0 Å². The maximum absolute atomic E-state index is 5.21. The van der Waals surface area contributed by atoms with Crippen LogP contribution in [-0.2, 0) is 0 Å². The Hall–Kier alpha value is -0.640. The normalized spacial score (nSPS) is 28.6. The second kappa shape index (κ2) is 4.26. The van der Waals surface area contributed by atoms with Gasteiger partial charge >= 0.3 is 0 Å². The van der Waals surface area contributed by atoms with Crippen molar-refractivity contribution < 1.29 is 0 Å². The summed E-state index contributed by atoms with van der Waals surface area (Å²) in [5.74, 6) is 0.724. The van der Waals surface area contributed by atoms with Crippen LogP contribution in [0.4, 0.5) is 0 Å². The van der Waals surface area contributed by atoms with E-state index in [1.54, 1.807) is 0 Å². The minimum Gasteiger partial charge on any atom is -0.303 e. The Morgan fingerprint density at radius 1 is 1.43 bits per heavy atom. The summed E-state index contributed by atoms with van der Waals surface area (Å²) in [4.78, 5) is 0. The van der Waals surface area contributed by atoms with Gasteiger partial charge in [0.05, 0.1) is 0 Å². The third kappa shape index (κ3) is 1.90. The number of hydrogen-bond acceptors (Lipinski definition) is 2. The lowest BCUT2D eigenvalue weighted by atomic mass is 9.97. The van der Waals surface area contributed by atoms with Gasteiger partial charge in [-0.1, -0.05) is 26.2 Å². The number of H-pyrrole nitrogens is 1. The molecular weight excluding hydrogens is 194 g/mol. The first-order valence-electron chi connectivity index (χ1n) is 5.40. The average Bonchev–Trinajstić information content (AvgIpc) is 2.46. The van der Waals surface area contributed by atoms with Crippen LogP contribution in [0.5, 0.6) is 0 Å². The molecule has 1 aliphatic rings. The molecule has 2 atom stereocenters. The molecule has 1 fully saturated rings. The topological polar surface area (TPSA) is 33.6 Å². The third-order valence-electron chi connectivity index (χ3n) is 3.25. The Balaban J connectivity index is 2.23. The highest BCUT2D eigenvalue weighted by Crippen LogP contribution is 2.31. The summed E-state index contributed by atoms with van der Waals surface area (Å²) in [7, 11) is 0. The predicted octanol–water partition coefficient (Wildman–Crippen LogP) is 3.08. The fourth-order valence-electron chi connectivity index (χ4n) is 2.38. The first kappa shape index (κ1) is 9.90. The summed E-state index contributed by atoms with van der Waals surface area (Å²) in [6, 6.07) is 0.559. The Morgan fingerprint density at radius 3 is 2.93 bits per heavy atom. The van der Waals surface area contributed by atoms with Crippen molar-refractivity contribution in [2.24, 2.45) is 5.92 Å². The summed E-state index contributed by atoms with van der Waals surface area (Å²) < 4.78 is 2.90. The molecule has 0 aromatic carbocycles. The highest BCUT2D eigenvalue weighted by molar-refractivity contribution is 7.71. The molecule has 0 spiro atoms. The van der Waals surface area contributed by atoms with Crippen LogP contribution in [0.2, 0.25) is 0 Å². The number of hydrogen-bond donors (Lipinski definition) is 1. The van der Waals surface area contributed by atoms with Gasteiger partial charge in [-0.25, -0.2) is 0 Å². The lowest BCUT2D eigenvalue weighted by Crippen LogP contribution is -2.15. The molecule has 1 aromatic heterocycles. The largest absolute Gasteiger partial charge is 0.303 e. The molecule has 2 rings (SSSR count). The third-order valence-corrected chi connectivity index (χ3v) is 3.55. The molecule has 2 unspecified atom stereocenters. The van der Waals surface area contributed by atoms with Crippen LogP contribution in [0, 0.1) is 10.7 Å². The van der Waals surface area contributed by atoms with Crippen molar-refractivity contribution in [1.29, 1.82) is 0 Å². The predicted molar refractivity (Wildman–Crippen MR) is 58.7 cm³/mol. The molecule has 1 aromatic rings. The van der Waals surface area contributed by atoms with Gasteiger partial charge < -0.3 is 4.57 Å². The Bertz CT molecular complexity index is 341. The Morgan fingerprint density at radius 2 is 2.21 bits per heavy atom. The SMILES string of the molecule is CC1CCCCCC1n1cn[nH]c1=S. The molecule has 1 aliphatic carbocycles. The molecule has 0 amide bonds. The molecule has 1 saturated carbocycles. The van der Waals surface area contributed by atoms with Crippen LogP contribution in [0.25, 0.3) is 0 Å². The Labute approximate surface area is 89.5 Å². The zero-order valence-electron chi connectivity index (χ0n) is 8.57. The van der Waals surface area contributed by atoms with Crippen LogP contribution in [0.3, 0.4) is 0 Å². The standard InChI is InChI=1S/C10H17N3S/c1-8-5-3-2-4-6-9(8)13-7-11-12-10(13)14/h7-9H,2-6H2,1H3,(H,12,14). The van der Waals surface area contributed by atoms with Gasteiger partial charge in [0.15, 0.2) is 4.77 Å². The minimum absolute atomic E-state index is 0.559. The molecule has 1 heterocycles. The van der Waals surface area contributed by atoms with E-state index in [0.717, 1.165) is 10.7 Å². The van der Waals surface area contributed by atoms with E-state index in [1.165, 1.54) is 32.1 Å². The van der Waals surface area contributed by atoms with E-state index in [0.29, 0.717) is 6.04 Å². The van der Waals surface area contributed by atoms with E-state index < -0.39 is 0 Å². The maximum atomic E-state index is 5.21. The number of nitrogens with zero attached hydrogens (tertiary/aromatic N) is 2. The summed E-state index contributed by atoms with van der Waals surface area (Å²) in [6.45, 7) is 2.32. The lowest BCUT2D eigenvalue weighted by molar-refractivity contribution is 0.330. The lowest BCUT2D eigenvalue weighted by Gasteiger charge is -2.21. The van der Waals surface area contributed by atoms with Crippen LogP contribution < -0.4 is 0 Å². The van der Waals surface area contributed by atoms with Gasteiger partial charge in [-0.05, 0) is 31.0 Å². The monoisotopic (exact) mass is 211 g/mol. The van der Waals surface area contributed by atoms with E-state index in [4.69, 9.17) is 12.2 Å². The van der Waals surface area contributed by atoms with Gasteiger partial charge in [0.25, 0.3) is 0 Å². The summed E-state index contributed by atoms with van der Waals surface area (Å²) in [6.07, 6.45) is 8.46. The summed E-state index contributed by atoms with van der Waals surface area (Å²) in [5, 5.41) is 6.83. The first-order valence-corrected chi connectivity index (χ1v) is 5.81. The van der Waals surface area contributed by atoms with E-state index >= 15 is 0 Å². The van der Waals surface area contributed by atoms with Crippen LogP contribution >= 0.6 is 12.2 Å². The van der Waals surface area contributed by atoms with E-state index in [9.17, 15) is 0 Å². The molecule has 3 nitrogen and oxygen atoms in total. The van der Waals surface area contributed by atoms with Crippen molar-refractivity contribution in [2.75, 3.05) is 0 Å². The van der Waals surface area contributed by atoms with Gasteiger partial charge in [0.1, 0.15) is 6.33 Å². The maximum Gasteiger partial charge on any atom is 0.195 e. The van der Waals surface area contributed by atoms with Gasteiger partial charge in [-0.15, -0.1) is 0 Å². The van der Waals surface area contributed by atoms with Crippen LogP contribution in [0.1, 0.15) is 45.1 Å². The average molecular weight is 211 g/mol. The molecule has 0 radical (unpaired) electrons. The molecule has 0 bridgehead atoms. The fourth-order valence-corrected chi connectivity index (χ4v) is 2.61. The van der Waals surface area contributed by atoms with Crippen molar-refractivity contribution in [1.82, 2.24) is 14.8 Å². The summed E-state index contributed by atoms with van der Waals surface area (Å²) in [5.41, 5.74) is 0. The Kier molecular flexibility index (Phi) is 3.01. The van der Waals surface area contributed by atoms with Crippen molar-refractivity contribution in [2.45, 2.75) is 45.1 Å². The van der Waals surface area contributed by atoms with E-state index in [1.807, 2.05) is 6.33 Å². The number of aromatic nitrogens is 3. The van der Waals surface area contributed by atoms with Crippen LogP contribution in [-0.4, -0.2) is 14.8 Å². The van der Waals surface area contributed by atoms with E-state index in [2.05, 4.69) is 21.7 Å². The zero-order chi connectivity index (χ0) is 9.97. The smallest absolute Gasteiger partial charge is 0.195 e. The molecule has 0 saturated heterocycles. The van der Waals surface area contributed by atoms with Gasteiger partial charge in [-0.3, -0.25) is 5.10 Å². The fraction of sp³-hybridized carbons (Fsp3) is 0.800. The molecule has 14 heavy (non-hydrogen) atoms. The van der Waals surface area contributed by atoms with Crippen LogP contribution in [0.15, 0.2) is 6.33 Å². The summed E-state index contributed by atoms with van der Waals surface area (Å²) >= 11 is 5.21. The highest BCUT2D eigenvalue weighted by atomic mass is 32.1. The number of rotatable bonds is 1. The molecule has 1 N–H and O–H groups in total. The molecule has 78 valence electrons. The van der Waals surface area contributed by atoms with Crippen molar-refractivity contribution in [3.05, 3.63) is 11.1 Å². The minimum atomic E-state index is 0.559. The zero-order valence-corrected chi connectivity index (χ0v) is 9.39. The van der Waals surface area contributed by atoms with Crippen molar-refractivity contribution in [3.8, 4) is 0 Å². The van der Waals surface area contributed by atoms with Crippen molar-refractivity contribution >= 4 is 12.2 Å². The number of nitrogens with one attached hydrogen (secondary N) is 1. The number of aromatic amines is 1. The first-order chi connectivity index (χ1) is 6.79. The second-order valence-corrected chi connectivity index (χ2v) is 4.64. The molecule has 4 heteroatoms. The molecular formula is C10H17N3S.